The van der Waals surface area contributed by atoms with Gasteiger partial charge in [-0.2, -0.15) is 0 Å². The third-order valence-corrected chi connectivity index (χ3v) is 3.69. The summed E-state index contributed by atoms with van der Waals surface area (Å²) in [4.78, 5) is 24.1. The number of nitrogens with zero attached hydrogens (tertiary/aromatic N) is 1. The highest BCUT2D eigenvalue weighted by Crippen LogP contribution is 2.25. The maximum absolute atomic E-state index is 12.3. The Hall–Kier alpha value is -2.72. The van der Waals surface area contributed by atoms with Crippen LogP contribution in [0.1, 0.15) is 34.5 Å². The molecule has 3 aromatic rings. The largest absolute Gasteiger partial charge is 0.384 e. The van der Waals surface area contributed by atoms with E-state index in [1.807, 2.05) is 30.3 Å². The second kappa shape index (κ2) is 5.58. The van der Waals surface area contributed by atoms with Crippen LogP contribution < -0.4 is 5.56 Å². The molecule has 0 amide bonds. The van der Waals surface area contributed by atoms with E-state index in [2.05, 4.69) is 0 Å². The topological polar surface area (TPSA) is 58.8 Å². The average molecular weight is 293 g/mol. The van der Waals surface area contributed by atoms with Gasteiger partial charge in [0.05, 0.1) is 11.1 Å². The fourth-order valence-corrected chi connectivity index (χ4v) is 2.56. The summed E-state index contributed by atoms with van der Waals surface area (Å²) in [6.45, 7) is 1.35. The molecule has 0 saturated carbocycles. The molecule has 0 aliphatic rings. The molecule has 2 aromatic heterocycles. The van der Waals surface area contributed by atoms with Gasteiger partial charge >= 0.3 is 0 Å². The van der Waals surface area contributed by atoms with Crippen LogP contribution in [0.25, 0.3) is 5.52 Å². The van der Waals surface area contributed by atoms with Gasteiger partial charge in [0.1, 0.15) is 6.10 Å². The number of pyridine rings is 2. The van der Waals surface area contributed by atoms with Gasteiger partial charge in [-0.15, -0.1) is 0 Å². The van der Waals surface area contributed by atoms with E-state index in [1.54, 1.807) is 24.4 Å². The lowest BCUT2D eigenvalue weighted by Gasteiger charge is -2.15. The SMILES string of the molecule is CC(=O)c1cc(C(O)c2ccccc2)c2ccccn2c1=O. The minimum atomic E-state index is -0.905. The Kier molecular flexibility index (Phi) is 3.61. The van der Waals surface area contributed by atoms with Crippen molar-refractivity contribution in [2.24, 2.45) is 0 Å². The van der Waals surface area contributed by atoms with Crippen LogP contribution in [0.3, 0.4) is 0 Å². The summed E-state index contributed by atoms with van der Waals surface area (Å²) < 4.78 is 1.40. The fraction of sp³-hybridized carbons (Fsp3) is 0.111. The Morgan fingerprint density at radius 1 is 1.09 bits per heavy atom. The van der Waals surface area contributed by atoms with Gasteiger partial charge in [0, 0.05) is 11.8 Å². The number of hydrogen-bond acceptors (Lipinski definition) is 3. The molecule has 110 valence electrons. The Morgan fingerprint density at radius 3 is 2.45 bits per heavy atom. The third-order valence-electron chi connectivity index (χ3n) is 3.69. The minimum absolute atomic E-state index is 0.0775. The van der Waals surface area contributed by atoms with Gasteiger partial charge in [0.2, 0.25) is 0 Å². The highest BCUT2D eigenvalue weighted by Gasteiger charge is 2.18. The highest BCUT2D eigenvalue weighted by atomic mass is 16.3. The molecule has 3 rings (SSSR count). The summed E-state index contributed by atoms with van der Waals surface area (Å²) in [5.41, 5.74) is 1.55. The summed E-state index contributed by atoms with van der Waals surface area (Å²) in [6, 6.07) is 15.9. The first kappa shape index (κ1) is 14.2. The van der Waals surface area contributed by atoms with Crippen molar-refractivity contribution >= 4 is 11.3 Å². The molecule has 0 bridgehead atoms. The number of rotatable bonds is 3. The molecule has 22 heavy (non-hydrogen) atoms. The first-order valence-corrected chi connectivity index (χ1v) is 6.98. The molecule has 0 saturated heterocycles. The van der Waals surface area contributed by atoms with Gasteiger partial charge in [-0.3, -0.25) is 14.0 Å². The molecular weight excluding hydrogens is 278 g/mol. The predicted molar refractivity (Wildman–Crippen MR) is 84.2 cm³/mol. The van der Waals surface area contributed by atoms with Crippen molar-refractivity contribution in [3.8, 4) is 0 Å². The zero-order valence-electron chi connectivity index (χ0n) is 12.1. The van der Waals surface area contributed by atoms with Crippen molar-refractivity contribution in [2.45, 2.75) is 13.0 Å². The number of Topliss-reactive ketones (excluding diaryl/α,β-unsaturated/α-hetero) is 1. The number of aliphatic hydroxyl groups excluding tert-OH is 1. The number of aliphatic hydroxyl groups is 1. The van der Waals surface area contributed by atoms with E-state index in [4.69, 9.17) is 0 Å². The van der Waals surface area contributed by atoms with Crippen molar-refractivity contribution in [3.05, 3.63) is 87.8 Å². The number of hydrogen-bond donors (Lipinski definition) is 1. The lowest BCUT2D eigenvalue weighted by molar-refractivity contribution is 0.101. The molecule has 1 aromatic carbocycles. The average Bonchev–Trinajstić information content (AvgIpc) is 2.55. The van der Waals surface area contributed by atoms with E-state index in [9.17, 15) is 14.7 Å². The van der Waals surface area contributed by atoms with Gasteiger partial charge in [-0.1, -0.05) is 36.4 Å². The molecule has 0 spiro atoms. The summed E-state index contributed by atoms with van der Waals surface area (Å²) in [5.74, 6) is -0.315. The molecule has 0 aliphatic carbocycles. The van der Waals surface area contributed by atoms with Crippen LogP contribution >= 0.6 is 0 Å². The highest BCUT2D eigenvalue weighted by molar-refractivity contribution is 5.94. The summed E-state index contributed by atoms with van der Waals surface area (Å²) in [5, 5.41) is 10.7. The van der Waals surface area contributed by atoms with E-state index in [0.717, 1.165) is 0 Å². The Labute approximate surface area is 127 Å². The van der Waals surface area contributed by atoms with Crippen LogP contribution in [0, 0.1) is 0 Å². The van der Waals surface area contributed by atoms with Crippen LogP contribution in [0.15, 0.2) is 65.6 Å². The van der Waals surface area contributed by atoms with Crippen LogP contribution in [-0.2, 0) is 0 Å². The molecule has 0 aliphatic heterocycles. The molecule has 1 unspecified atom stereocenters. The van der Waals surface area contributed by atoms with Gasteiger partial charge in [-0.05, 0) is 30.7 Å². The van der Waals surface area contributed by atoms with Crippen LogP contribution in [0.5, 0.6) is 0 Å². The zero-order valence-corrected chi connectivity index (χ0v) is 12.1. The van der Waals surface area contributed by atoms with Crippen molar-refractivity contribution in [1.82, 2.24) is 4.40 Å². The monoisotopic (exact) mass is 293 g/mol. The van der Waals surface area contributed by atoms with Gasteiger partial charge in [-0.25, -0.2) is 0 Å². The number of carbonyl (C=O) groups is 1. The standard InChI is InChI=1S/C18H15NO3/c1-12(20)14-11-15(17(21)13-7-3-2-4-8-13)16-9-5-6-10-19(16)18(14)22/h2-11,17,21H,1H3. The third kappa shape index (κ3) is 2.34. The fourth-order valence-electron chi connectivity index (χ4n) is 2.56. The van der Waals surface area contributed by atoms with Crippen LogP contribution in [0.2, 0.25) is 0 Å². The lowest BCUT2D eigenvalue weighted by atomic mass is 9.98. The van der Waals surface area contributed by atoms with Crippen molar-refractivity contribution in [1.29, 1.82) is 0 Å². The normalized spacial score (nSPS) is 12.3. The quantitative estimate of drug-likeness (QED) is 0.755. The second-order valence-electron chi connectivity index (χ2n) is 5.14. The van der Waals surface area contributed by atoms with E-state index < -0.39 is 6.10 Å². The van der Waals surface area contributed by atoms with Crippen molar-refractivity contribution in [3.63, 3.8) is 0 Å². The lowest BCUT2D eigenvalue weighted by Crippen LogP contribution is -2.22. The molecule has 0 radical (unpaired) electrons. The van der Waals surface area contributed by atoms with E-state index >= 15 is 0 Å². The first-order chi connectivity index (χ1) is 10.6. The number of ketones is 1. The Bertz CT molecular complexity index is 897. The number of carbonyl (C=O) groups excluding carboxylic acids is 1. The molecule has 4 nitrogen and oxygen atoms in total. The summed E-state index contributed by atoms with van der Waals surface area (Å²) in [7, 11) is 0. The number of aromatic nitrogens is 1. The molecule has 4 heteroatoms. The minimum Gasteiger partial charge on any atom is -0.384 e. The van der Waals surface area contributed by atoms with E-state index in [-0.39, 0.29) is 16.9 Å². The Morgan fingerprint density at radius 2 is 1.77 bits per heavy atom. The van der Waals surface area contributed by atoms with Crippen LogP contribution in [0.4, 0.5) is 0 Å². The van der Waals surface area contributed by atoms with Crippen molar-refractivity contribution < 1.29 is 9.90 Å². The second-order valence-corrected chi connectivity index (χ2v) is 5.14. The van der Waals surface area contributed by atoms with Gasteiger partial charge in [0.15, 0.2) is 5.78 Å². The summed E-state index contributed by atoms with van der Waals surface area (Å²) in [6.07, 6.45) is 0.697. The van der Waals surface area contributed by atoms with E-state index in [0.29, 0.717) is 16.6 Å². The molecule has 1 N–H and O–H groups in total. The molecule has 0 fully saturated rings. The van der Waals surface area contributed by atoms with Crippen LogP contribution in [-0.4, -0.2) is 15.3 Å². The first-order valence-electron chi connectivity index (χ1n) is 6.98. The predicted octanol–water partition coefficient (Wildman–Crippen LogP) is 2.58. The Balaban J connectivity index is 2.31. The molecular formula is C18H15NO3. The molecule has 1 atom stereocenters. The molecule has 2 heterocycles. The van der Waals surface area contributed by atoms with Gasteiger partial charge in [0.25, 0.3) is 5.56 Å². The number of fused-ring (bicyclic) bond motifs is 1. The smallest absolute Gasteiger partial charge is 0.265 e. The van der Waals surface area contributed by atoms with Crippen molar-refractivity contribution in [2.75, 3.05) is 0 Å². The maximum Gasteiger partial charge on any atom is 0.265 e. The summed E-state index contributed by atoms with van der Waals surface area (Å²) >= 11 is 0. The maximum atomic E-state index is 12.3. The van der Waals surface area contributed by atoms with E-state index in [1.165, 1.54) is 17.4 Å². The number of benzene rings is 1. The van der Waals surface area contributed by atoms with Gasteiger partial charge < -0.3 is 5.11 Å². The zero-order chi connectivity index (χ0) is 15.7.